The molecule has 2 saturated heterocycles. The molecule has 0 bridgehead atoms. The Balaban J connectivity index is 1.46. The minimum atomic E-state index is -0.580. The lowest BCUT2D eigenvalue weighted by molar-refractivity contribution is -0.136. The van der Waals surface area contributed by atoms with Crippen molar-refractivity contribution in [1.29, 1.82) is 0 Å². The summed E-state index contributed by atoms with van der Waals surface area (Å²) < 4.78 is 6.17. The molecule has 1 aromatic carbocycles. The molecule has 0 saturated carbocycles. The van der Waals surface area contributed by atoms with Gasteiger partial charge in [0.15, 0.2) is 0 Å². The van der Waals surface area contributed by atoms with Gasteiger partial charge in [-0.2, -0.15) is 0 Å². The molecule has 7 nitrogen and oxygen atoms in total. The molecule has 0 spiro atoms. The minimum Gasteiger partial charge on any atom is -0.489 e. The fourth-order valence-electron chi connectivity index (χ4n) is 4.21. The first-order valence-electron chi connectivity index (χ1n) is 9.71. The minimum absolute atomic E-state index is 0.152. The van der Waals surface area contributed by atoms with Crippen LogP contribution in [0.5, 0.6) is 5.75 Å². The van der Waals surface area contributed by atoms with Crippen LogP contribution in [0, 0.1) is 0 Å². The molecule has 2 unspecified atom stereocenters. The van der Waals surface area contributed by atoms with Gasteiger partial charge < -0.3 is 9.64 Å². The zero-order valence-corrected chi connectivity index (χ0v) is 15.6. The fourth-order valence-corrected chi connectivity index (χ4v) is 4.21. The molecule has 0 aromatic heterocycles. The Hall–Kier alpha value is -2.41. The van der Waals surface area contributed by atoms with E-state index in [1.54, 1.807) is 11.0 Å². The van der Waals surface area contributed by atoms with Crippen LogP contribution in [0.4, 0.5) is 0 Å². The summed E-state index contributed by atoms with van der Waals surface area (Å²) in [5, 5.41) is 2.33. The van der Waals surface area contributed by atoms with E-state index in [0.29, 0.717) is 18.5 Å². The third kappa shape index (κ3) is 3.56. The number of hydrogen-bond acceptors (Lipinski definition) is 5. The monoisotopic (exact) mass is 371 g/mol. The standard InChI is InChI=1S/C20H25N3O4/c1-2-22-9-3-4-15(12-22)27-14-5-6-16-13(10-14)11-23(20(16)26)17-7-8-18(24)21-19(17)25/h5-6,10,15,17H,2-4,7-9,11-12H2,1H3,(H,21,24,25). The highest BCUT2D eigenvalue weighted by Gasteiger charge is 2.39. The number of carbonyl (C=O) groups is 3. The summed E-state index contributed by atoms with van der Waals surface area (Å²) in [7, 11) is 0. The Morgan fingerprint density at radius 3 is 2.85 bits per heavy atom. The first-order chi connectivity index (χ1) is 13.0. The first kappa shape index (κ1) is 18.0. The van der Waals surface area contributed by atoms with E-state index in [1.807, 2.05) is 12.1 Å². The van der Waals surface area contributed by atoms with Gasteiger partial charge in [0.05, 0.1) is 0 Å². The molecule has 1 aromatic rings. The predicted octanol–water partition coefficient (Wildman–Crippen LogP) is 1.31. The molecule has 3 amide bonds. The lowest BCUT2D eigenvalue weighted by Gasteiger charge is -2.32. The summed E-state index contributed by atoms with van der Waals surface area (Å²) in [5.41, 5.74) is 1.50. The van der Waals surface area contributed by atoms with Crippen molar-refractivity contribution in [2.24, 2.45) is 0 Å². The number of hydrogen-bond donors (Lipinski definition) is 1. The highest BCUT2D eigenvalue weighted by atomic mass is 16.5. The quantitative estimate of drug-likeness (QED) is 0.808. The summed E-state index contributed by atoms with van der Waals surface area (Å²) in [5.74, 6) is -0.0362. The summed E-state index contributed by atoms with van der Waals surface area (Å²) in [4.78, 5) is 40.1. The maximum absolute atomic E-state index is 12.7. The number of piperidine rings is 2. The van der Waals surface area contributed by atoms with E-state index < -0.39 is 6.04 Å². The van der Waals surface area contributed by atoms with E-state index in [9.17, 15) is 14.4 Å². The second-order valence-corrected chi connectivity index (χ2v) is 7.49. The number of rotatable bonds is 4. The third-order valence-corrected chi connectivity index (χ3v) is 5.71. The predicted molar refractivity (Wildman–Crippen MR) is 98.3 cm³/mol. The number of carbonyl (C=O) groups excluding carboxylic acids is 3. The third-order valence-electron chi connectivity index (χ3n) is 5.71. The smallest absolute Gasteiger partial charge is 0.255 e. The van der Waals surface area contributed by atoms with Gasteiger partial charge in [0.1, 0.15) is 17.9 Å². The number of benzene rings is 1. The van der Waals surface area contributed by atoms with Crippen molar-refractivity contribution in [1.82, 2.24) is 15.1 Å². The first-order valence-corrected chi connectivity index (χ1v) is 9.71. The molecule has 3 aliphatic rings. The van der Waals surface area contributed by atoms with Crippen LogP contribution in [0.3, 0.4) is 0 Å². The number of likely N-dealkylation sites (N-methyl/N-ethyl adjacent to an activating group) is 1. The maximum atomic E-state index is 12.7. The van der Waals surface area contributed by atoms with Gasteiger partial charge in [-0.15, -0.1) is 0 Å². The van der Waals surface area contributed by atoms with E-state index >= 15 is 0 Å². The summed E-state index contributed by atoms with van der Waals surface area (Å²) in [6.45, 7) is 5.61. The van der Waals surface area contributed by atoms with E-state index in [1.165, 1.54) is 0 Å². The number of imide groups is 1. The number of fused-ring (bicyclic) bond motifs is 1. The van der Waals surface area contributed by atoms with Crippen molar-refractivity contribution < 1.29 is 19.1 Å². The Kier molecular flexibility index (Phi) is 4.86. The van der Waals surface area contributed by atoms with Crippen molar-refractivity contribution >= 4 is 17.7 Å². The van der Waals surface area contributed by atoms with Gasteiger partial charge >= 0.3 is 0 Å². The summed E-state index contributed by atoms with van der Waals surface area (Å²) >= 11 is 0. The molecule has 2 fully saturated rings. The molecule has 7 heteroatoms. The molecule has 144 valence electrons. The second-order valence-electron chi connectivity index (χ2n) is 7.49. The second kappa shape index (κ2) is 7.31. The van der Waals surface area contributed by atoms with Gasteiger partial charge in [0.2, 0.25) is 11.8 Å². The maximum Gasteiger partial charge on any atom is 0.255 e. The highest BCUT2D eigenvalue weighted by Crippen LogP contribution is 2.31. The van der Waals surface area contributed by atoms with Gasteiger partial charge in [0, 0.05) is 25.1 Å². The van der Waals surface area contributed by atoms with Gasteiger partial charge in [-0.3, -0.25) is 24.6 Å². The number of nitrogens with zero attached hydrogens (tertiary/aromatic N) is 2. The molecular weight excluding hydrogens is 346 g/mol. The number of nitrogens with one attached hydrogen (secondary N) is 1. The SMILES string of the molecule is CCN1CCCC(Oc2ccc3c(c2)CN(C2CCC(=O)NC2=O)C3=O)C1. The fraction of sp³-hybridized carbons (Fsp3) is 0.550. The van der Waals surface area contributed by atoms with Gasteiger partial charge in [-0.05, 0) is 56.1 Å². The molecule has 0 radical (unpaired) electrons. The van der Waals surface area contributed by atoms with Gasteiger partial charge in [0.25, 0.3) is 5.91 Å². The highest BCUT2D eigenvalue weighted by molar-refractivity contribution is 6.05. The molecular formula is C20H25N3O4. The number of ether oxygens (including phenoxy) is 1. The van der Waals surface area contributed by atoms with Crippen LogP contribution in [0.1, 0.15) is 48.5 Å². The topological polar surface area (TPSA) is 79.0 Å². The summed E-state index contributed by atoms with van der Waals surface area (Å²) in [6.07, 6.45) is 2.98. The normalized spacial score (nSPS) is 26.1. The zero-order valence-electron chi connectivity index (χ0n) is 15.6. The van der Waals surface area contributed by atoms with Crippen molar-refractivity contribution in [3.63, 3.8) is 0 Å². The molecule has 4 rings (SSSR count). The summed E-state index contributed by atoms with van der Waals surface area (Å²) in [6, 6.07) is 4.97. The molecule has 3 heterocycles. The van der Waals surface area contributed by atoms with Gasteiger partial charge in [-0.1, -0.05) is 6.92 Å². The molecule has 27 heavy (non-hydrogen) atoms. The van der Waals surface area contributed by atoms with E-state index in [2.05, 4.69) is 17.1 Å². The Morgan fingerprint density at radius 2 is 2.07 bits per heavy atom. The van der Waals surface area contributed by atoms with Crippen molar-refractivity contribution in [2.75, 3.05) is 19.6 Å². The van der Waals surface area contributed by atoms with Crippen LogP contribution in [0.25, 0.3) is 0 Å². The Morgan fingerprint density at radius 1 is 1.22 bits per heavy atom. The Labute approximate surface area is 158 Å². The lowest BCUT2D eigenvalue weighted by Crippen LogP contribution is -2.52. The molecule has 3 aliphatic heterocycles. The van der Waals surface area contributed by atoms with Crippen LogP contribution in [-0.2, 0) is 16.1 Å². The Bertz CT molecular complexity index is 778. The van der Waals surface area contributed by atoms with Crippen LogP contribution < -0.4 is 10.1 Å². The number of likely N-dealkylation sites (tertiary alicyclic amines) is 1. The van der Waals surface area contributed by atoms with E-state index in [-0.39, 0.29) is 30.2 Å². The largest absolute Gasteiger partial charge is 0.489 e. The van der Waals surface area contributed by atoms with Gasteiger partial charge in [-0.25, -0.2) is 0 Å². The van der Waals surface area contributed by atoms with E-state index in [0.717, 1.165) is 43.8 Å². The molecule has 0 aliphatic carbocycles. The van der Waals surface area contributed by atoms with Crippen LogP contribution in [0.2, 0.25) is 0 Å². The average Bonchev–Trinajstić information content (AvgIpc) is 2.98. The zero-order chi connectivity index (χ0) is 19.0. The lowest BCUT2D eigenvalue weighted by atomic mass is 10.0. The number of amides is 3. The molecule has 1 N–H and O–H groups in total. The molecule has 2 atom stereocenters. The van der Waals surface area contributed by atoms with Crippen molar-refractivity contribution in [3.8, 4) is 5.75 Å². The average molecular weight is 371 g/mol. The van der Waals surface area contributed by atoms with Crippen LogP contribution in [0.15, 0.2) is 18.2 Å². The van der Waals surface area contributed by atoms with E-state index in [4.69, 9.17) is 4.74 Å². The van der Waals surface area contributed by atoms with Crippen molar-refractivity contribution in [3.05, 3.63) is 29.3 Å². The van der Waals surface area contributed by atoms with Crippen molar-refractivity contribution in [2.45, 2.75) is 51.3 Å². The van der Waals surface area contributed by atoms with Crippen LogP contribution >= 0.6 is 0 Å². The van der Waals surface area contributed by atoms with Crippen LogP contribution in [-0.4, -0.2) is 59.3 Å².